The number of aldehydes is 1. The van der Waals surface area contributed by atoms with Gasteiger partial charge in [0.2, 0.25) is 0 Å². The molecule has 0 aromatic rings. The third kappa shape index (κ3) is 10.8. The fraction of sp³-hybridized carbons (Fsp3) is 0.367. The van der Waals surface area contributed by atoms with E-state index in [4.69, 9.17) is 0 Å². The Morgan fingerprint density at radius 1 is 0.742 bits per heavy atom. The van der Waals surface area contributed by atoms with E-state index in [-0.39, 0.29) is 5.41 Å². The summed E-state index contributed by atoms with van der Waals surface area (Å²) in [6, 6.07) is 0. The smallest absolute Gasteiger partial charge is 0.145 e. The van der Waals surface area contributed by atoms with Gasteiger partial charge in [-0.2, -0.15) is 0 Å². The molecule has 0 saturated heterocycles. The van der Waals surface area contributed by atoms with Gasteiger partial charge in [-0.25, -0.2) is 0 Å². The number of hydrogen-bond acceptors (Lipinski definition) is 1. The van der Waals surface area contributed by atoms with Crippen LogP contribution in [0.25, 0.3) is 0 Å². The van der Waals surface area contributed by atoms with Crippen LogP contribution >= 0.6 is 0 Å². The highest BCUT2D eigenvalue weighted by Crippen LogP contribution is 2.40. The van der Waals surface area contributed by atoms with E-state index in [0.717, 1.165) is 17.4 Å². The van der Waals surface area contributed by atoms with Crippen LogP contribution in [-0.2, 0) is 4.79 Å². The molecule has 166 valence electrons. The van der Waals surface area contributed by atoms with Crippen molar-refractivity contribution in [1.82, 2.24) is 0 Å². The summed E-state index contributed by atoms with van der Waals surface area (Å²) in [5.74, 6) is 0. The van der Waals surface area contributed by atoms with E-state index in [9.17, 15) is 4.79 Å². The number of carbonyl (C=O) groups excluding carboxylic acids is 1. The van der Waals surface area contributed by atoms with Gasteiger partial charge in [-0.15, -0.1) is 0 Å². The van der Waals surface area contributed by atoms with E-state index < -0.39 is 0 Å². The molecular formula is C30H40O. The summed E-state index contributed by atoms with van der Waals surface area (Å²) in [6.45, 7) is 15.1. The van der Waals surface area contributed by atoms with Gasteiger partial charge in [0.15, 0.2) is 0 Å². The highest BCUT2D eigenvalue weighted by Gasteiger charge is 2.26. The van der Waals surface area contributed by atoms with Crippen LogP contribution in [0.4, 0.5) is 0 Å². The Morgan fingerprint density at radius 2 is 1.23 bits per heavy atom. The normalized spacial score (nSPS) is 19.6. The Morgan fingerprint density at radius 3 is 1.74 bits per heavy atom. The van der Waals surface area contributed by atoms with Crippen molar-refractivity contribution < 1.29 is 4.79 Å². The minimum atomic E-state index is 0.286. The summed E-state index contributed by atoms with van der Waals surface area (Å²) in [5.41, 5.74) is 7.62. The molecular weight excluding hydrogens is 376 g/mol. The van der Waals surface area contributed by atoms with Crippen LogP contribution in [0.5, 0.6) is 0 Å². The predicted octanol–water partition coefficient (Wildman–Crippen LogP) is 8.72. The molecule has 1 aliphatic carbocycles. The van der Waals surface area contributed by atoms with Crippen LogP contribution in [0.1, 0.15) is 67.7 Å². The van der Waals surface area contributed by atoms with Gasteiger partial charge in [0.1, 0.15) is 6.29 Å². The second kappa shape index (κ2) is 13.6. The minimum Gasteiger partial charge on any atom is -0.298 e. The van der Waals surface area contributed by atoms with Gasteiger partial charge in [0, 0.05) is 0 Å². The largest absolute Gasteiger partial charge is 0.298 e. The summed E-state index contributed by atoms with van der Waals surface area (Å²) >= 11 is 0. The van der Waals surface area contributed by atoms with E-state index in [1.807, 2.05) is 43.4 Å². The second-order valence-corrected chi connectivity index (χ2v) is 9.13. The maximum atomic E-state index is 10.6. The minimum absolute atomic E-state index is 0.286. The molecule has 0 aromatic carbocycles. The zero-order valence-electron chi connectivity index (χ0n) is 20.5. The molecule has 0 fully saturated rings. The quantitative estimate of drug-likeness (QED) is 0.209. The molecule has 0 heterocycles. The zero-order chi connectivity index (χ0) is 23.3. The molecule has 0 aliphatic heterocycles. The Bertz CT molecular complexity index is 887. The van der Waals surface area contributed by atoms with Crippen LogP contribution in [-0.4, -0.2) is 6.29 Å². The van der Waals surface area contributed by atoms with E-state index in [1.165, 1.54) is 41.6 Å². The number of rotatable bonds is 9. The molecule has 0 amide bonds. The molecule has 31 heavy (non-hydrogen) atoms. The molecule has 1 rings (SSSR count). The summed E-state index contributed by atoms with van der Waals surface area (Å²) < 4.78 is 0. The lowest BCUT2D eigenvalue weighted by Gasteiger charge is -2.32. The molecule has 0 bridgehead atoms. The molecule has 0 unspecified atom stereocenters. The Labute approximate surface area is 190 Å². The van der Waals surface area contributed by atoms with Crippen molar-refractivity contribution in [2.75, 3.05) is 0 Å². The van der Waals surface area contributed by atoms with Crippen molar-refractivity contribution in [3.05, 3.63) is 106 Å². The first kappa shape index (κ1) is 26.4. The summed E-state index contributed by atoms with van der Waals surface area (Å²) in [6.07, 6.45) is 29.5. The topological polar surface area (TPSA) is 17.1 Å². The first-order valence-corrected chi connectivity index (χ1v) is 11.2. The van der Waals surface area contributed by atoms with Crippen LogP contribution in [0.3, 0.4) is 0 Å². The molecule has 0 radical (unpaired) electrons. The average molecular weight is 417 g/mol. The van der Waals surface area contributed by atoms with Crippen molar-refractivity contribution in [3.8, 4) is 0 Å². The zero-order valence-corrected chi connectivity index (χ0v) is 20.5. The van der Waals surface area contributed by atoms with Gasteiger partial charge < -0.3 is 0 Å². The standard InChI is InChI=1S/C30H40O/c1-24(13-8-9-14-25(2)16-11-18-27(4)23-31)15-10-17-26(3)20-21-29-28(5)19-12-22-30(29,6)7/h8-11,13-18,20-21,23H,12,19,22H2,1-7H3/b9-8-,15-10+,16-11+,21-20+,24-13+,25-14+,26-17+,27-18+. The lowest BCUT2D eigenvalue weighted by molar-refractivity contribution is -0.104. The third-order valence-corrected chi connectivity index (χ3v) is 5.51. The molecule has 1 nitrogen and oxygen atoms in total. The van der Waals surface area contributed by atoms with E-state index >= 15 is 0 Å². The monoisotopic (exact) mass is 416 g/mol. The maximum absolute atomic E-state index is 10.6. The molecule has 1 aliphatic rings. The first-order chi connectivity index (χ1) is 14.7. The third-order valence-electron chi connectivity index (χ3n) is 5.51. The van der Waals surface area contributed by atoms with Gasteiger partial charge >= 0.3 is 0 Å². The van der Waals surface area contributed by atoms with E-state index in [0.29, 0.717) is 0 Å². The van der Waals surface area contributed by atoms with E-state index in [2.05, 4.69) is 71.1 Å². The van der Waals surface area contributed by atoms with Crippen molar-refractivity contribution in [3.63, 3.8) is 0 Å². The molecule has 0 atom stereocenters. The summed E-state index contributed by atoms with van der Waals surface area (Å²) in [4.78, 5) is 10.6. The molecule has 0 spiro atoms. The highest BCUT2D eigenvalue weighted by molar-refractivity contribution is 5.72. The SMILES string of the molecule is CC1=C(/C=C/C(C)=C/C=C/C(C)=C/C=C\C=C(C)\C=C\C=C(/C)C=O)C(C)(C)CCC1. The summed E-state index contributed by atoms with van der Waals surface area (Å²) in [7, 11) is 0. The van der Waals surface area contributed by atoms with Crippen molar-refractivity contribution in [2.45, 2.75) is 67.7 Å². The average Bonchev–Trinajstić information content (AvgIpc) is 2.70. The van der Waals surface area contributed by atoms with Gasteiger partial charge in [-0.1, -0.05) is 109 Å². The van der Waals surface area contributed by atoms with Crippen molar-refractivity contribution in [2.24, 2.45) is 5.41 Å². The van der Waals surface area contributed by atoms with Crippen LogP contribution in [0.2, 0.25) is 0 Å². The fourth-order valence-electron chi connectivity index (χ4n) is 3.55. The fourth-order valence-corrected chi connectivity index (χ4v) is 3.55. The summed E-state index contributed by atoms with van der Waals surface area (Å²) in [5, 5.41) is 0. The molecule has 0 saturated carbocycles. The molecule has 1 heteroatoms. The second-order valence-electron chi connectivity index (χ2n) is 9.13. The predicted molar refractivity (Wildman–Crippen MR) is 138 cm³/mol. The van der Waals surface area contributed by atoms with Crippen molar-refractivity contribution >= 4 is 6.29 Å². The molecule has 0 aromatic heterocycles. The van der Waals surface area contributed by atoms with Gasteiger partial charge in [-0.3, -0.25) is 4.79 Å². The Hall–Kier alpha value is -2.67. The van der Waals surface area contributed by atoms with Crippen molar-refractivity contribution in [1.29, 1.82) is 0 Å². The molecule has 0 N–H and O–H groups in total. The van der Waals surface area contributed by atoms with Gasteiger partial charge in [0.25, 0.3) is 0 Å². The van der Waals surface area contributed by atoms with Gasteiger partial charge in [-0.05, 0) is 70.4 Å². The van der Waals surface area contributed by atoms with E-state index in [1.54, 1.807) is 6.92 Å². The van der Waals surface area contributed by atoms with Gasteiger partial charge in [0.05, 0.1) is 0 Å². The Kier molecular flexibility index (Phi) is 11.6. The number of carbonyl (C=O) groups is 1. The lowest BCUT2D eigenvalue weighted by Crippen LogP contribution is -2.19. The Balaban J connectivity index is 2.65. The van der Waals surface area contributed by atoms with Crippen LogP contribution in [0, 0.1) is 5.41 Å². The first-order valence-electron chi connectivity index (χ1n) is 11.2. The number of allylic oxidation sites excluding steroid dienone is 18. The lowest BCUT2D eigenvalue weighted by atomic mass is 9.72. The highest BCUT2D eigenvalue weighted by atomic mass is 16.1. The van der Waals surface area contributed by atoms with Crippen LogP contribution < -0.4 is 0 Å². The van der Waals surface area contributed by atoms with Crippen LogP contribution in [0.15, 0.2) is 106 Å². The number of hydrogen-bond donors (Lipinski definition) is 0. The maximum Gasteiger partial charge on any atom is 0.145 e.